The van der Waals surface area contributed by atoms with Crippen molar-refractivity contribution in [3.05, 3.63) is 58.7 Å². The van der Waals surface area contributed by atoms with Gasteiger partial charge in [-0.25, -0.2) is 4.98 Å². The number of benzene rings is 2. The number of alkyl halides is 3. The number of hydrogen-bond donors (Lipinski definition) is 0. The van der Waals surface area contributed by atoms with E-state index in [0.717, 1.165) is 0 Å². The first-order valence-electron chi connectivity index (χ1n) is 7.67. The number of nitrogens with zero attached hydrogens (tertiary/aromatic N) is 3. The van der Waals surface area contributed by atoms with Crippen LogP contribution in [0.3, 0.4) is 0 Å². The first-order chi connectivity index (χ1) is 13.3. The summed E-state index contributed by atoms with van der Waals surface area (Å²) in [6.07, 6.45) is -3.17. The lowest BCUT2D eigenvalue weighted by Crippen LogP contribution is -2.17. The second-order valence-electron chi connectivity index (χ2n) is 5.38. The van der Waals surface area contributed by atoms with E-state index in [9.17, 15) is 13.2 Å². The summed E-state index contributed by atoms with van der Waals surface area (Å²) in [5.41, 5.74) is 1.90. The fourth-order valence-electron chi connectivity index (χ4n) is 2.44. The van der Waals surface area contributed by atoms with E-state index >= 15 is 0 Å². The topological polar surface area (TPSA) is 50.8 Å². The van der Waals surface area contributed by atoms with Crippen molar-refractivity contribution < 1.29 is 17.9 Å². The number of thioether (sulfide) groups is 1. The first-order valence-corrected chi connectivity index (χ1v) is 9.42. The Kier molecular flexibility index (Phi) is 6.08. The van der Waals surface area contributed by atoms with Gasteiger partial charge in [0.25, 0.3) is 0 Å². The van der Waals surface area contributed by atoms with Crippen LogP contribution in [0.15, 0.2) is 53.8 Å². The predicted molar refractivity (Wildman–Crippen MR) is 102 cm³/mol. The van der Waals surface area contributed by atoms with Gasteiger partial charge in [0.15, 0.2) is 5.16 Å². The zero-order valence-electron chi connectivity index (χ0n) is 13.9. The second kappa shape index (κ2) is 8.35. The lowest BCUT2D eigenvalue weighted by atomic mass is 10.1. The van der Waals surface area contributed by atoms with Crippen LogP contribution in [0.4, 0.5) is 13.2 Å². The summed E-state index contributed by atoms with van der Waals surface area (Å²) >= 11 is 13.3. The van der Waals surface area contributed by atoms with Crippen LogP contribution in [0.2, 0.25) is 10.0 Å². The molecule has 0 radical (unpaired) electrons. The molecule has 1 heterocycles. The maximum absolute atomic E-state index is 12.4. The molecule has 0 saturated carbocycles. The molecule has 10 heteroatoms. The third-order valence-electron chi connectivity index (χ3n) is 3.54. The molecule has 0 aliphatic carbocycles. The number of ether oxygens (including phenoxy) is 1. The highest BCUT2D eigenvalue weighted by Gasteiger charge is 2.31. The second-order valence-corrected chi connectivity index (χ2v) is 7.14. The van der Waals surface area contributed by atoms with Crippen molar-refractivity contribution >= 4 is 35.0 Å². The number of imidazole rings is 1. The van der Waals surface area contributed by atoms with Gasteiger partial charge in [0, 0.05) is 11.3 Å². The van der Waals surface area contributed by atoms with E-state index in [0.29, 0.717) is 32.1 Å². The van der Waals surface area contributed by atoms with Crippen LogP contribution in [0.5, 0.6) is 5.75 Å². The monoisotopic (exact) mass is 443 g/mol. The van der Waals surface area contributed by atoms with E-state index in [1.165, 1.54) is 36.0 Å². The summed E-state index contributed by atoms with van der Waals surface area (Å²) in [6.45, 7) is 0. The van der Waals surface area contributed by atoms with Crippen LogP contribution >= 0.6 is 35.0 Å². The Balaban J connectivity index is 2.05. The molecule has 0 fully saturated rings. The summed E-state index contributed by atoms with van der Waals surface area (Å²) in [5.74, 6) is -0.175. The zero-order chi connectivity index (χ0) is 20.3. The van der Waals surface area contributed by atoms with Gasteiger partial charge in [-0.05, 0) is 36.4 Å². The summed E-state index contributed by atoms with van der Waals surface area (Å²) in [6, 6.07) is 12.4. The highest BCUT2D eigenvalue weighted by molar-refractivity contribution is 7.99. The maximum Gasteiger partial charge on any atom is 0.573 e. The smallest absolute Gasteiger partial charge is 0.406 e. The molecule has 4 nitrogen and oxygen atoms in total. The molecule has 0 saturated heterocycles. The number of rotatable bonds is 5. The van der Waals surface area contributed by atoms with Crippen LogP contribution in [0, 0.1) is 11.3 Å². The van der Waals surface area contributed by atoms with E-state index < -0.39 is 6.36 Å². The van der Waals surface area contributed by atoms with Crippen molar-refractivity contribution in [3.8, 4) is 28.8 Å². The molecule has 0 aliphatic heterocycles. The maximum atomic E-state index is 12.4. The Bertz CT molecular complexity index is 1030. The molecule has 0 aliphatic rings. The molecule has 3 aromatic rings. The van der Waals surface area contributed by atoms with Gasteiger partial charge in [0.2, 0.25) is 0 Å². The fourth-order valence-corrected chi connectivity index (χ4v) is 3.39. The third-order valence-corrected chi connectivity index (χ3v) is 5.10. The van der Waals surface area contributed by atoms with Crippen molar-refractivity contribution in [2.24, 2.45) is 0 Å². The Morgan fingerprint density at radius 1 is 1.11 bits per heavy atom. The first kappa shape index (κ1) is 20.4. The number of halogens is 5. The normalized spacial score (nSPS) is 11.3. The summed E-state index contributed by atoms with van der Waals surface area (Å²) in [5, 5.41) is 10.1. The lowest BCUT2D eigenvalue weighted by molar-refractivity contribution is -0.274. The third kappa shape index (κ3) is 4.73. The fraction of sp³-hybridized carbons (Fsp3) is 0.111. The molecular formula is C18H10Cl2F3N3OS. The minimum atomic E-state index is -4.77. The molecule has 0 N–H and O–H groups in total. The molecular weight excluding hydrogens is 434 g/mol. The van der Waals surface area contributed by atoms with E-state index in [-0.39, 0.29) is 11.5 Å². The molecule has 0 amide bonds. The Morgan fingerprint density at radius 3 is 2.43 bits per heavy atom. The molecule has 2 aromatic carbocycles. The van der Waals surface area contributed by atoms with E-state index in [1.807, 2.05) is 6.07 Å². The molecule has 1 aromatic heterocycles. The predicted octanol–water partition coefficient (Wildman–Crippen LogP) is 6.36. The van der Waals surface area contributed by atoms with Gasteiger partial charge in [-0.3, -0.25) is 4.57 Å². The Morgan fingerprint density at radius 2 is 1.82 bits per heavy atom. The van der Waals surface area contributed by atoms with Gasteiger partial charge in [-0.1, -0.05) is 41.0 Å². The van der Waals surface area contributed by atoms with Crippen LogP contribution in [-0.2, 0) is 0 Å². The van der Waals surface area contributed by atoms with Crippen molar-refractivity contribution in [2.45, 2.75) is 11.5 Å². The highest BCUT2D eigenvalue weighted by Crippen LogP contribution is 2.34. The Hall–Kier alpha value is -2.34. The van der Waals surface area contributed by atoms with Crippen molar-refractivity contribution in [1.82, 2.24) is 9.55 Å². The number of aromatic nitrogens is 2. The average Bonchev–Trinajstić information content (AvgIpc) is 3.05. The zero-order valence-corrected chi connectivity index (χ0v) is 16.2. The van der Waals surface area contributed by atoms with Crippen molar-refractivity contribution in [1.29, 1.82) is 5.26 Å². The van der Waals surface area contributed by atoms with Crippen LogP contribution in [0.25, 0.3) is 16.9 Å². The average molecular weight is 444 g/mol. The molecule has 3 rings (SSSR count). The molecule has 144 valence electrons. The van der Waals surface area contributed by atoms with Crippen LogP contribution in [0.1, 0.15) is 0 Å². The molecule has 28 heavy (non-hydrogen) atoms. The minimum absolute atomic E-state index is 0.160. The van der Waals surface area contributed by atoms with E-state index in [2.05, 4.69) is 9.72 Å². The molecule has 0 unspecified atom stereocenters. The molecule has 0 bridgehead atoms. The lowest BCUT2D eigenvalue weighted by Gasteiger charge is -2.13. The highest BCUT2D eigenvalue weighted by atomic mass is 35.5. The Labute approximate surface area is 172 Å². The standard InChI is InChI=1S/C18H10Cl2F3N3OS/c19-14-6-1-11(9-15(14)20)16-10-25-17(28-8-7-24)26(16)12-2-4-13(5-3-12)27-18(21,22)23/h1-6,9-10H,8H2. The number of nitriles is 1. The van der Waals surface area contributed by atoms with Gasteiger partial charge in [-0.15, -0.1) is 13.2 Å². The quantitative estimate of drug-likeness (QED) is 0.430. The van der Waals surface area contributed by atoms with Crippen molar-refractivity contribution in [2.75, 3.05) is 5.75 Å². The van der Waals surface area contributed by atoms with Crippen molar-refractivity contribution in [3.63, 3.8) is 0 Å². The van der Waals surface area contributed by atoms with Crippen LogP contribution < -0.4 is 4.74 Å². The van der Waals surface area contributed by atoms with Gasteiger partial charge in [0.05, 0.1) is 33.8 Å². The summed E-state index contributed by atoms with van der Waals surface area (Å²) in [4.78, 5) is 4.33. The van der Waals surface area contributed by atoms with Gasteiger partial charge >= 0.3 is 6.36 Å². The molecule has 0 atom stereocenters. The van der Waals surface area contributed by atoms with E-state index in [1.54, 1.807) is 29.0 Å². The van der Waals surface area contributed by atoms with Gasteiger partial charge in [0.1, 0.15) is 5.75 Å². The summed E-state index contributed by atoms with van der Waals surface area (Å²) < 4.78 is 42.8. The molecule has 0 spiro atoms. The van der Waals surface area contributed by atoms with E-state index in [4.69, 9.17) is 28.5 Å². The largest absolute Gasteiger partial charge is 0.573 e. The summed E-state index contributed by atoms with van der Waals surface area (Å²) in [7, 11) is 0. The van der Waals surface area contributed by atoms with Gasteiger partial charge in [-0.2, -0.15) is 5.26 Å². The SMILES string of the molecule is N#CCSc1ncc(-c2ccc(Cl)c(Cl)c2)n1-c1ccc(OC(F)(F)F)cc1. The minimum Gasteiger partial charge on any atom is -0.406 e. The number of hydrogen-bond acceptors (Lipinski definition) is 4. The van der Waals surface area contributed by atoms with Gasteiger partial charge < -0.3 is 4.74 Å². The van der Waals surface area contributed by atoms with Crippen LogP contribution in [-0.4, -0.2) is 21.7 Å².